The standard InChI is InChI=1S/C24H50NO3P/c1-5-7-8-9-10-11-12-13-14-15-16-17-18-19-21-23(22-25(3)4)24(20-6-2)29(26,27)28/h5-22H2,1-4H3,(H2,26,27,28)/b24-23-. The lowest BCUT2D eigenvalue weighted by molar-refractivity contribution is 0.377. The van der Waals surface area contributed by atoms with E-state index in [1.807, 2.05) is 25.9 Å². The fourth-order valence-electron chi connectivity index (χ4n) is 3.99. The first-order valence-corrected chi connectivity index (χ1v) is 13.9. The van der Waals surface area contributed by atoms with E-state index >= 15 is 0 Å². The van der Waals surface area contributed by atoms with Crippen LogP contribution in [0.1, 0.15) is 123 Å². The molecule has 0 saturated carbocycles. The molecule has 0 amide bonds. The van der Waals surface area contributed by atoms with E-state index < -0.39 is 7.60 Å². The summed E-state index contributed by atoms with van der Waals surface area (Å²) in [6.45, 7) is 4.90. The van der Waals surface area contributed by atoms with E-state index in [9.17, 15) is 14.4 Å². The lowest BCUT2D eigenvalue weighted by Gasteiger charge is -2.19. The third kappa shape index (κ3) is 17.2. The summed E-state index contributed by atoms with van der Waals surface area (Å²) >= 11 is 0. The third-order valence-corrected chi connectivity index (χ3v) is 6.83. The van der Waals surface area contributed by atoms with E-state index in [4.69, 9.17) is 0 Å². The van der Waals surface area contributed by atoms with E-state index in [0.29, 0.717) is 18.3 Å². The largest absolute Gasteiger partial charge is 0.352 e. The van der Waals surface area contributed by atoms with Gasteiger partial charge in [0.25, 0.3) is 0 Å². The van der Waals surface area contributed by atoms with Gasteiger partial charge in [-0.15, -0.1) is 0 Å². The Bertz CT molecular complexity index is 457. The Balaban J connectivity index is 3.95. The van der Waals surface area contributed by atoms with Gasteiger partial charge in [-0.3, -0.25) is 4.57 Å². The molecular formula is C24H50NO3P. The minimum absolute atomic E-state index is 0.392. The molecule has 0 fully saturated rings. The molecule has 0 aliphatic rings. The van der Waals surface area contributed by atoms with Crippen molar-refractivity contribution >= 4 is 7.60 Å². The molecule has 4 nitrogen and oxygen atoms in total. The highest BCUT2D eigenvalue weighted by molar-refractivity contribution is 7.56. The summed E-state index contributed by atoms with van der Waals surface area (Å²) in [7, 11) is -0.207. The monoisotopic (exact) mass is 431 g/mol. The maximum atomic E-state index is 11.9. The Labute approximate surface area is 181 Å². The zero-order chi connectivity index (χ0) is 22.0. The summed E-state index contributed by atoms with van der Waals surface area (Å²) in [6, 6.07) is 0. The molecule has 0 spiro atoms. The second-order valence-corrected chi connectivity index (χ2v) is 10.6. The molecule has 0 aromatic carbocycles. The van der Waals surface area contributed by atoms with Crippen LogP contribution in [0.15, 0.2) is 10.9 Å². The molecule has 174 valence electrons. The van der Waals surface area contributed by atoms with Crippen LogP contribution in [0.4, 0.5) is 0 Å². The summed E-state index contributed by atoms with van der Waals surface area (Å²) in [5.74, 6) is 0. The SMILES string of the molecule is CCCCCCCCCCCCCCCC/C(CN(C)C)=C(\CCC)P(=O)(O)O. The normalized spacial score (nSPS) is 13.2. The van der Waals surface area contributed by atoms with Gasteiger partial charge in [-0.05, 0) is 38.9 Å². The van der Waals surface area contributed by atoms with Gasteiger partial charge in [-0.25, -0.2) is 0 Å². The van der Waals surface area contributed by atoms with Crippen molar-refractivity contribution in [2.45, 2.75) is 123 Å². The lowest BCUT2D eigenvalue weighted by Crippen LogP contribution is -2.17. The second kappa shape index (κ2) is 18.6. The maximum Gasteiger partial charge on any atom is 0.352 e. The van der Waals surface area contributed by atoms with Crippen LogP contribution in [0.25, 0.3) is 0 Å². The predicted octanol–water partition coefficient (Wildman–Crippen LogP) is 7.65. The fraction of sp³-hybridized carbons (Fsp3) is 0.917. The van der Waals surface area contributed by atoms with Crippen LogP contribution < -0.4 is 0 Å². The lowest BCUT2D eigenvalue weighted by atomic mass is 10.0. The number of nitrogens with zero attached hydrogens (tertiary/aromatic N) is 1. The number of hydrogen-bond acceptors (Lipinski definition) is 2. The highest BCUT2D eigenvalue weighted by atomic mass is 31.2. The van der Waals surface area contributed by atoms with Crippen molar-refractivity contribution in [2.75, 3.05) is 20.6 Å². The molecule has 2 N–H and O–H groups in total. The van der Waals surface area contributed by atoms with E-state index in [2.05, 4.69) is 6.92 Å². The molecule has 0 rings (SSSR count). The quantitative estimate of drug-likeness (QED) is 0.153. The van der Waals surface area contributed by atoms with Gasteiger partial charge in [0, 0.05) is 11.9 Å². The first-order chi connectivity index (χ1) is 13.8. The summed E-state index contributed by atoms with van der Waals surface area (Å²) in [5, 5.41) is 0.392. The van der Waals surface area contributed by atoms with Crippen LogP contribution in [-0.2, 0) is 4.57 Å². The number of unbranched alkanes of at least 4 members (excludes halogenated alkanes) is 13. The summed E-state index contributed by atoms with van der Waals surface area (Å²) in [4.78, 5) is 21.5. The van der Waals surface area contributed by atoms with Crippen molar-refractivity contribution in [3.63, 3.8) is 0 Å². The van der Waals surface area contributed by atoms with E-state index in [-0.39, 0.29) is 0 Å². The van der Waals surface area contributed by atoms with Crippen LogP contribution in [0, 0.1) is 0 Å². The number of likely N-dealkylation sites (N-methyl/N-ethyl adjacent to an activating group) is 1. The zero-order valence-corrected chi connectivity index (χ0v) is 20.8. The average Bonchev–Trinajstić information content (AvgIpc) is 2.64. The molecule has 29 heavy (non-hydrogen) atoms. The predicted molar refractivity (Wildman–Crippen MR) is 127 cm³/mol. The van der Waals surface area contributed by atoms with E-state index in [0.717, 1.165) is 31.3 Å². The van der Waals surface area contributed by atoms with Crippen molar-refractivity contribution in [1.29, 1.82) is 0 Å². The molecule has 0 atom stereocenters. The van der Waals surface area contributed by atoms with Crippen LogP contribution in [0.2, 0.25) is 0 Å². The zero-order valence-electron chi connectivity index (χ0n) is 19.9. The van der Waals surface area contributed by atoms with Gasteiger partial charge < -0.3 is 14.7 Å². The molecule has 0 aromatic rings. The van der Waals surface area contributed by atoms with Crippen LogP contribution in [0.5, 0.6) is 0 Å². The van der Waals surface area contributed by atoms with Crippen LogP contribution >= 0.6 is 7.60 Å². The Morgan fingerprint density at radius 1 is 0.655 bits per heavy atom. The van der Waals surface area contributed by atoms with E-state index in [1.165, 1.54) is 77.0 Å². The first-order valence-electron chi connectivity index (χ1n) is 12.2. The number of rotatable bonds is 20. The van der Waals surface area contributed by atoms with Gasteiger partial charge in [0.05, 0.1) is 0 Å². The molecule has 0 aliphatic carbocycles. The molecule has 5 heteroatoms. The van der Waals surface area contributed by atoms with Crippen molar-refractivity contribution in [1.82, 2.24) is 4.90 Å². The minimum Gasteiger partial charge on any atom is -0.321 e. The third-order valence-electron chi connectivity index (χ3n) is 5.59. The first kappa shape index (κ1) is 28.9. The van der Waals surface area contributed by atoms with Crippen molar-refractivity contribution < 1.29 is 14.4 Å². The molecule has 0 unspecified atom stereocenters. The van der Waals surface area contributed by atoms with Crippen LogP contribution in [-0.4, -0.2) is 35.3 Å². The summed E-state index contributed by atoms with van der Waals surface area (Å²) < 4.78 is 11.9. The summed E-state index contributed by atoms with van der Waals surface area (Å²) in [5.41, 5.74) is 0.962. The van der Waals surface area contributed by atoms with Crippen molar-refractivity contribution in [3.05, 3.63) is 10.9 Å². The van der Waals surface area contributed by atoms with Gasteiger partial charge >= 0.3 is 7.60 Å². The number of allylic oxidation sites excluding steroid dienone is 1. The van der Waals surface area contributed by atoms with Gasteiger partial charge in [-0.1, -0.05) is 104 Å². The Morgan fingerprint density at radius 3 is 1.41 bits per heavy atom. The van der Waals surface area contributed by atoms with Crippen LogP contribution in [0.3, 0.4) is 0 Å². The van der Waals surface area contributed by atoms with Gasteiger partial charge in [-0.2, -0.15) is 0 Å². The molecule has 0 radical (unpaired) electrons. The average molecular weight is 432 g/mol. The minimum atomic E-state index is -4.14. The molecule has 0 aliphatic heterocycles. The van der Waals surface area contributed by atoms with Crippen molar-refractivity contribution in [3.8, 4) is 0 Å². The summed E-state index contributed by atoms with van der Waals surface area (Å²) in [6.07, 6.45) is 20.7. The maximum absolute atomic E-state index is 11.9. The Morgan fingerprint density at radius 2 is 1.07 bits per heavy atom. The highest BCUT2D eigenvalue weighted by Crippen LogP contribution is 2.49. The highest BCUT2D eigenvalue weighted by Gasteiger charge is 2.24. The molecule has 0 aromatic heterocycles. The second-order valence-electron chi connectivity index (χ2n) is 8.93. The van der Waals surface area contributed by atoms with Gasteiger partial charge in [0.1, 0.15) is 0 Å². The topological polar surface area (TPSA) is 60.8 Å². The fourth-order valence-corrected chi connectivity index (χ4v) is 5.10. The van der Waals surface area contributed by atoms with Gasteiger partial charge in [0.2, 0.25) is 0 Å². The smallest absolute Gasteiger partial charge is 0.321 e. The molecule has 0 heterocycles. The Hall–Kier alpha value is -0.150. The molecule has 0 saturated heterocycles. The number of hydrogen-bond donors (Lipinski definition) is 2. The Kier molecular flexibility index (Phi) is 18.5. The van der Waals surface area contributed by atoms with Crippen molar-refractivity contribution in [2.24, 2.45) is 0 Å². The van der Waals surface area contributed by atoms with E-state index in [1.54, 1.807) is 0 Å². The molecule has 0 bridgehead atoms. The molecular weight excluding hydrogens is 381 g/mol. The van der Waals surface area contributed by atoms with Gasteiger partial charge in [0.15, 0.2) is 0 Å².